The van der Waals surface area contributed by atoms with Crippen LogP contribution in [0.15, 0.2) is 0 Å². The lowest BCUT2D eigenvalue weighted by Gasteiger charge is -2.38. The first kappa shape index (κ1) is 19.6. The van der Waals surface area contributed by atoms with E-state index in [4.69, 9.17) is 9.90 Å². The molecule has 0 fully saturated rings. The minimum atomic E-state index is -1.25. The Kier molecular flexibility index (Phi) is 13.8. The highest BCUT2D eigenvalue weighted by Crippen LogP contribution is 2.12. The summed E-state index contributed by atoms with van der Waals surface area (Å²) in [6.07, 6.45) is 4.09. The Balaban J connectivity index is 0. The van der Waals surface area contributed by atoms with Gasteiger partial charge in [0.2, 0.25) is 0 Å². The van der Waals surface area contributed by atoms with Crippen molar-refractivity contribution in [3.8, 4) is 0 Å². The van der Waals surface area contributed by atoms with E-state index in [0.717, 1.165) is 7.11 Å². The lowest BCUT2D eigenvalue weighted by Crippen LogP contribution is -2.50. The molecular weight excluding hydrogens is 230 g/mol. The Morgan fingerprint density at radius 1 is 0.889 bits per heavy atom. The Bertz CT molecular complexity index is 166. The zero-order valence-electron chi connectivity index (χ0n) is 12.9. The molecule has 0 aromatic heterocycles. The van der Waals surface area contributed by atoms with E-state index < -0.39 is 6.16 Å². The highest BCUT2D eigenvalue weighted by atomic mass is 16.6. The molecule has 0 aromatic rings. The van der Waals surface area contributed by atoms with E-state index in [1.807, 2.05) is 0 Å². The Labute approximate surface area is 113 Å². The molecule has 1 N–H and O–H groups in total. The first-order valence-electron chi connectivity index (χ1n) is 7.13. The third kappa shape index (κ3) is 10.4. The van der Waals surface area contributed by atoms with E-state index in [1.165, 1.54) is 56.3 Å². The zero-order valence-corrected chi connectivity index (χ0v) is 12.9. The predicted molar refractivity (Wildman–Crippen MR) is 75.9 cm³/mol. The van der Waals surface area contributed by atoms with E-state index in [9.17, 15) is 0 Å². The topological polar surface area (TPSA) is 46.5 Å². The molecule has 18 heavy (non-hydrogen) atoms. The molecule has 0 aliphatic heterocycles. The molecule has 0 aliphatic carbocycles. The summed E-state index contributed by atoms with van der Waals surface area (Å²) in [5.41, 5.74) is 0. The van der Waals surface area contributed by atoms with Gasteiger partial charge >= 0.3 is 6.16 Å². The summed E-state index contributed by atoms with van der Waals surface area (Å²) in [4.78, 5) is 9.15. The minimum Gasteiger partial charge on any atom is -0.450 e. The van der Waals surface area contributed by atoms with Crippen LogP contribution in [0.2, 0.25) is 0 Å². The Morgan fingerprint density at radius 2 is 1.11 bits per heavy atom. The second kappa shape index (κ2) is 12.7. The third-order valence-corrected chi connectivity index (χ3v) is 2.97. The van der Waals surface area contributed by atoms with Gasteiger partial charge < -0.3 is 14.3 Å². The smallest absolute Gasteiger partial charge is 0.450 e. The molecule has 0 heterocycles. The first-order valence-corrected chi connectivity index (χ1v) is 7.13. The fourth-order valence-electron chi connectivity index (χ4n) is 2.57. The molecule has 0 saturated heterocycles. The second-order valence-corrected chi connectivity index (χ2v) is 4.71. The van der Waals surface area contributed by atoms with Gasteiger partial charge in [-0.25, -0.2) is 4.79 Å². The number of quaternary nitrogens is 1. The van der Waals surface area contributed by atoms with E-state index in [-0.39, 0.29) is 0 Å². The largest absolute Gasteiger partial charge is 0.505 e. The molecule has 0 spiro atoms. The summed E-state index contributed by atoms with van der Waals surface area (Å²) >= 11 is 0. The number of rotatable bonds is 8. The van der Waals surface area contributed by atoms with Gasteiger partial charge in [0.25, 0.3) is 0 Å². The number of ether oxygens (including phenoxy) is 1. The van der Waals surface area contributed by atoms with Crippen molar-refractivity contribution in [3.63, 3.8) is 0 Å². The van der Waals surface area contributed by atoms with Gasteiger partial charge in [-0.05, 0) is 25.7 Å². The molecule has 0 unspecified atom stereocenters. The predicted octanol–water partition coefficient (Wildman–Crippen LogP) is 3.75. The fourth-order valence-corrected chi connectivity index (χ4v) is 2.57. The Hall–Kier alpha value is -0.770. The van der Waals surface area contributed by atoms with Gasteiger partial charge in [0.1, 0.15) is 0 Å². The molecule has 4 nitrogen and oxygen atoms in total. The average Bonchev–Trinajstić information content (AvgIpc) is 2.31. The number of carbonyl (C=O) groups is 1. The highest BCUT2D eigenvalue weighted by Gasteiger charge is 2.22. The van der Waals surface area contributed by atoms with Gasteiger partial charge in [-0.15, -0.1) is 0 Å². The molecule has 0 amide bonds. The highest BCUT2D eigenvalue weighted by molar-refractivity contribution is 5.56. The SMILES string of the molecule is CCC[N+](CCC)(CCC)CCC.COC(=O)O. The van der Waals surface area contributed by atoms with Crippen LogP contribution in [0, 0.1) is 0 Å². The molecule has 0 bridgehead atoms. The number of hydrogen-bond acceptors (Lipinski definition) is 2. The molecule has 0 radical (unpaired) electrons. The average molecular weight is 262 g/mol. The summed E-state index contributed by atoms with van der Waals surface area (Å²) in [6, 6.07) is 0. The summed E-state index contributed by atoms with van der Waals surface area (Å²) in [6.45, 7) is 14.8. The van der Waals surface area contributed by atoms with Crippen LogP contribution in [-0.2, 0) is 4.74 Å². The fraction of sp³-hybridized carbons (Fsp3) is 0.929. The van der Waals surface area contributed by atoms with E-state index in [0.29, 0.717) is 0 Å². The van der Waals surface area contributed by atoms with Crippen LogP contribution in [0.4, 0.5) is 4.79 Å². The summed E-state index contributed by atoms with van der Waals surface area (Å²) in [5, 5.41) is 7.50. The maximum atomic E-state index is 9.15. The molecule has 0 aromatic carbocycles. The first-order chi connectivity index (χ1) is 8.51. The minimum absolute atomic E-state index is 1.10. The molecule has 110 valence electrons. The van der Waals surface area contributed by atoms with E-state index >= 15 is 0 Å². The molecule has 0 aliphatic rings. The van der Waals surface area contributed by atoms with Crippen LogP contribution in [0.25, 0.3) is 0 Å². The maximum Gasteiger partial charge on any atom is 0.505 e. The monoisotopic (exact) mass is 262 g/mol. The van der Waals surface area contributed by atoms with Crippen LogP contribution >= 0.6 is 0 Å². The van der Waals surface area contributed by atoms with E-state index in [2.05, 4.69) is 32.4 Å². The van der Waals surface area contributed by atoms with Crippen LogP contribution in [0.5, 0.6) is 0 Å². The summed E-state index contributed by atoms with van der Waals surface area (Å²) < 4.78 is 5.04. The van der Waals surface area contributed by atoms with Gasteiger partial charge in [-0.1, -0.05) is 27.7 Å². The van der Waals surface area contributed by atoms with Crippen molar-refractivity contribution in [2.24, 2.45) is 0 Å². The van der Waals surface area contributed by atoms with Crippen LogP contribution in [0.1, 0.15) is 53.4 Å². The zero-order chi connectivity index (χ0) is 14.4. The van der Waals surface area contributed by atoms with Crippen molar-refractivity contribution in [2.45, 2.75) is 53.4 Å². The summed E-state index contributed by atoms with van der Waals surface area (Å²) in [7, 11) is 1.10. The van der Waals surface area contributed by atoms with Crippen LogP contribution in [0.3, 0.4) is 0 Å². The Morgan fingerprint density at radius 3 is 1.22 bits per heavy atom. The second-order valence-electron chi connectivity index (χ2n) is 4.71. The van der Waals surface area contributed by atoms with Crippen molar-refractivity contribution < 1.29 is 19.1 Å². The van der Waals surface area contributed by atoms with Crippen molar-refractivity contribution in [1.29, 1.82) is 0 Å². The van der Waals surface area contributed by atoms with E-state index in [1.54, 1.807) is 0 Å². The maximum absolute atomic E-state index is 9.15. The van der Waals surface area contributed by atoms with Crippen molar-refractivity contribution in [2.75, 3.05) is 33.3 Å². The number of hydrogen-bond donors (Lipinski definition) is 1. The molecule has 4 heteroatoms. The van der Waals surface area contributed by atoms with Crippen molar-refractivity contribution >= 4 is 6.16 Å². The third-order valence-electron chi connectivity index (χ3n) is 2.97. The van der Waals surface area contributed by atoms with Gasteiger partial charge in [0.05, 0.1) is 33.3 Å². The van der Waals surface area contributed by atoms with Gasteiger partial charge in [-0.3, -0.25) is 0 Å². The van der Waals surface area contributed by atoms with Crippen molar-refractivity contribution in [1.82, 2.24) is 0 Å². The molecule has 0 atom stereocenters. The lowest BCUT2D eigenvalue weighted by molar-refractivity contribution is -0.928. The standard InChI is InChI=1S/C12H28N.C2H4O3/c1-5-9-13(10-6-2,11-7-3)12-8-4;1-5-2(3)4/h5-12H2,1-4H3;1H3,(H,3,4)/q+1;. The number of methoxy groups -OCH3 is 1. The number of carboxylic acid groups (broad SMARTS) is 1. The molecular formula is C14H32NO3+. The quantitative estimate of drug-likeness (QED) is 0.535. The van der Waals surface area contributed by atoms with Crippen molar-refractivity contribution in [3.05, 3.63) is 0 Å². The van der Waals surface area contributed by atoms with Gasteiger partial charge in [-0.2, -0.15) is 0 Å². The molecule has 0 saturated carbocycles. The van der Waals surface area contributed by atoms with Crippen LogP contribution in [-0.4, -0.2) is 49.0 Å². The van der Waals surface area contributed by atoms with Gasteiger partial charge in [0.15, 0.2) is 0 Å². The lowest BCUT2D eigenvalue weighted by atomic mass is 10.2. The molecule has 0 rings (SSSR count). The summed E-state index contributed by atoms with van der Waals surface area (Å²) in [5.74, 6) is 0. The number of nitrogens with zero attached hydrogens (tertiary/aromatic N) is 1. The van der Waals surface area contributed by atoms with Crippen LogP contribution < -0.4 is 0 Å². The van der Waals surface area contributed by atoms with Gasteiger partial charge in [0, 0.05) is 0 Å². The normalized spacial score (nSPS) is 10.5.